The van der Waals surface area contributed by atoms with E-state index in [-0.39, 0.29) is 23.4 Å². The first kappa shape index (κ1) is 22.5. The van der Waals surface area contributed by atoms with Gasteiger partial charge in [-0.25, -0.2) is 0 Å². The van der Waals surface area contributed by atoms with Gasteiger partial charge in [-0.15, -0.1) is 0 Å². The maximum Gasteiger partial charge on any atom is 0.306 e. The molecule has 0 bridgehead atoms. The van der Waals surface area contributed by atoms with E-state index in [1.165, 1.54) is 12.1 Å². The first-order valence-electron chi connectivity index (χ1n) is 9.20. The molecule has 0 aliphatic rings. The van der Waals surface area contributed by atoms with Crippen LogP contribution in [0.15, 0.2) is 35.9 Å². The van der Waals surface area contributed by atoms with E-state index in [1.807, 2.05) is 45.9 Å². The highest BCUT2D eigenvalue weighted by molar-refractivity contribution is 7.86. The highest BCUT2D eigenvalue weighted by Gasteiger charge is 2.14. The minimum Gasteiger partial charge on any atom is -0.504 e. The average molecular weight is 418 g/mol. The van der Waals surface area contributed by atoms with Crippen molar-refractivity contribution in [1.82, 2.24) is 5.32 Å². The maximum absolute atomic E-state index is 12.2. The Bertz CT molecular complexity index is 1070. The van der Waals surface area contributed by atoms with Gasteiger partial charge in [0.05, 0.1) is 6.26 Å². The molecule has 1 amide bonds. The molecule has 0 saturated carbocycles. The summed E-state index contributed by atoms with van der Waals surface area (Å²) in [5.74, 6) is -0.477. The molecule has 2 aromatic rings. The van der Waals surface area contributed by atoms with Gasteiger partial charge in [0.25, 0.3) is 0 Å². The SMILES string of the molecule is CC(=Cc1cc(C)c(-c2ccc(O)c(OS(C)(=O)=O)c2)cc1C)C(=O)NC(C)C. The zero-order valence-corrected chi connectivity index (χ0v) is 18.3. The van der Waals surface area contributed by atoms with Crippen molar-refractivity contribution in [1.29, 1.82) is 0 Å². The van der Waals surface area contributed by atoms with Gasteiger partial charge in [-0.2, -0.15) is 8.42 Å². The van der Waals surface area contributed by atoms with Crippen LogP contribution in [0.2, 0.25) is 0 Å². The number of hydrogen-bond acceptors (Lipinski definition) is 5. The summed E-state index contributed by atoms with van der Waals surface area (Å²) in [7, 11) is -3.76. The molecule has 0 aliphatic carbocycles. The molecule has 156 valence electrons. The van der Waals surface area contributed by atoms with Gasteiger partial charge >= 0.3 is 10.1 Å². The van der Waals surface area contributed by atoms with E-state index in [2.05, 4.69) is 5.32 Å². The lowest BCUT2D eigenvalue weighted by Gasteiger charge is -2.14. The average Bonchev–Trinajstić information content (AvgIpc) is 2.58. The minimum atomic E-state index is -3.76. The number of amides is 1. The van der Waals surface area contributed by atoms with Crippen LogP contribution in [0.4, 0.5) is 0 Å². The van der Waals surface area contributed by atoms with Gasteiger partial charge in [0.1, 0.15) is 0 Å². The summed E-state index contributed by atoms with van der Waals surface area (Å²) in [6.07, 6.45) is 2.77. The summed E-state index contributed by atoms with van der Waals surface area (Å²) >= 11 is 0. The molecule has 0 heterocycles. The van der Waals surface area contributed by atoms with Crippen molar-refractivity contribution in [3.8, 4) is 22.6 Å². The van der Waals surface area contributed by atoms with Gasteiger partial charge in [-0.05, 0) is 80.6 Å². The molecular weight excluding hydrogens is 390 g/mol. The normalized spacial score (nSPS) is 12.2. The second kappa shape index (κ2) is 8.69. The molecule has 0 aromatic heterocycles. The lowest BCUT2D eigenvalue weighted by atomic mass is 9.94. The van der Waals surface area contributed by atoms with E-state index >= 15 is 0 Å². The van der Waals surface area contributed by atoms with Crippen molar-refractivity contribution in [3.63, 3.8) is 0 Å². The molecule has 0 unspecified atom stereocenters. The van der Waals surface area contributed by atoms with Gasteiger partial charge in [0, 0.05) is 11.6 Å². The smallest absolute Gasteiger partial charge is 0.306 e. The number of aromatic hydroxyl groups is 1. The predicted octanol–water partition coefficient (Wildman–Crippen LogP) is 3.94. The van der Waals surface area contributed by atoms with E-state index in [0.717, 1.165) is 28.5 Å². The first-order valence-corrected chi connectivity index (χ1v) is 11.0. The van der Waals surface area contributed by atoms with Crippen LogP contribution in [-0.4, -0.2) is 31.7 Å². The first-order chi connectivity index (χ1) is 13.4. The van der Waals surface area contributed by atoms with E-state index < -0.39 is 10.1 Å². The Morgan fingerprint density at radius 1 is 1.14 bits per heavy atom. The Morgan fingerprint density at radius 3 is 2.38 bits per heavy atom. The van der Waals surface area contributed by atoms with Gasteiger partial charge in [0.2, 0.25) is 5.91 Å². The van der Waals surface area contributed by atoms with Crippen molar-refractivity contribution < 1.29 is 22.5 Å². The number of phenolic OH excluding ortho intramolecular Hbond substituents is 1. The number of carbonyl (C=O) groups is 1. The van der Waals surface area contributed by atoms with E-state index in [0.29, 0.717) is 11.1 Å². The lowest BCUT2D eigenvalue weighted by Crippen LogP contribution is -2.30. The summed E-state index contributed by atoms with van der Waals surface area (Å²) in [4.78, 5) is 12.2. The minimum absolute atomic E-state index is 0.0638. The molecular formula is C22H27NO5S. The van der Waals surface area contributed by atoms with Crippen molar-refractivity contribution in [3.05, 3.63) is 52.6 Å². The second-order valence-electron chi connectivity index (χ2n) is 7.45. The Balaban J connectivity index is 2.44. The van der Waals surface area contributed by atoms with Crippen LogP contribution in [0, 0.1) is 13.8 Å². The fourth-order valence-corrected chi connectivity index (χ4v) is 3.35. The molecule has 0 atom stereocenters. The number of phenols is 1. The molecule has 7 heteroatoms. The number of aryl methyl sites for hydroxylation is 2. The number of benzene rings is 2. The van der Waals surface area contributed by atoms with Crippen LogP contribution in [-0.2, 0) is 14.9 Å². The molecule has 0 aliphatic heterocycles. The largest absolute Gasteiger partial charge is 0.504 e. The predicted molar refractivity (Wildman–Crippen MR) is 115 cm³/mol. The summed E-state index contributed by atoms with van der Waals surface area (Å²) in [6.45, 7) is 9.47. The van der Waals surface area contributed by atoms with Crippen molar-refractivity contribution in [2.24, 2.45) is 0 Å². The highest BCUT2D eigenvalue weighted by Crippen LogP contribution is 2.35. The highest BCUT2D eigenvalue weighted by atomic mass is 32.2. The summed E-state index contributed by atoms with van der Waals surface area (Å²) in [5, 5.41) is 12.8. The van der Waals surface area contributed by atoms with Crippen LogP contribution in [0.25, 0.3) is 17.2 Å². The van der Waals surface area contributed by atoms with Crippen molar-refractivity contribution in [2.75, 3.05) is 6.26 Å². The van der Waals surface area contributed by atoms with Crippen molar-refractivity contribution in [2.45, 2.75) is 40.7 Å². The molecule has 2 rings (SSSR count). The fourth-order valence-electron chi connectivity index (χ4n) is 2.89. The van der Waals surface area contributed by atoms with Crippen LogP contribution in [0.3, 0.4) is 0 Å². The van der Waals surface area contributed by atoms with Gasteiger partial charge in [0.15, 0.2) is 11.5 Å². The standard InChI is InChI=1S/C22H27NO5S/c1-13(2)23-22(25)16(5)10-18-9-15(4)19(11-14(18)3)17-7-8-20(24)21(12-17)28-29(6,26)27/h7-13,24H,1-6H3,(H,23,25). The monoisotopic (exact) mass is 417 g/mol. The Labute approximate surface area is 172 Å². The van der Waals surface area contributed by atoms with Gasteiger partial charge in [-0.1, -0.05) is 18.2 Å². The second-order valence-corrected chi connectivity index (χ2v) is 9.02. The molecule has 29 heavy (non-hydrogen) atoms. The topological polar surface area (TPSA) is 92.7 Å². The number of nitrogens with one attached hydrogen (secondary N) is 1. The van der Waals surface area contributed by atoms with Crippen LogP contribution >= 0.6 is 0 Å². The Hall–Kier alpha value is -2.80. The molecule has 2 N–H and O–H groups in total. The van der Waals surface area contributed by atoms with Crippen molar-refractivity contribution >= 4 is 22.1 Å². The molecule has 0 radical (unpaired) electrons. The lowest BCUT2D eigenvalue weighted by molar-refractivity contribution is -0.117. The van der Waals surface area contributed by atoms with Gasteiger partial charge in [-0.3, -0.25) is 4.79 Å². The van der Waals surface area contributed by atoms with Gasteiger partial charge < -0.3 is 14.6 Å². The molecule has 0 fully saturated rings. The van der Waals surface area contributed by atoms with Crippen LogP contribution in [0.5, 0.6) is 11.5 Å². The zero-order valence-electron chi connectivity index (χ0n) is 17.5. The fraction of sp³-hybridized carbons (Fsp3) is 0.318. The number of rotatable bonds is 6. The molecule has 0 spiro atoms. The number of hydrogen-bond donors (Lipinski definition) is 2. The van der Waals surface area contributed by atoms with E-state index in [1.54, 1.807) is 13.0 Å². The number of carbonyl (C=O) groups excluding carboxylic acids is 1. The van der Waals surface area contributed by atoms with E-state index in [4.69, 9.17) is 4.18 Å². The third-order valence-electron chi connectivity index (χ3n) is 4.27. The van der Waals surface area contributed by atoms with Crippen LogP contribution < -0.4 is 9.50 Å². The quantitative estimate of drug-likeness (QED) is 0.549. The van der Waals surface area contributed by atoms with E-state index in [9.17, 15) is 18.3 Å². The zero-order chi connectivity index (χ0) is 21.9. The van der Waals surface area contributed by atoms with Crippen LogP contribution in [0.1, 0.15) is 37.5 Å². The molecule has 0 saturated heterocycles. The summed E-state index contributed by atoms with van der Waals surface area (Å²) < 4.78 is 27.7. The Kier molecular flexibility index (Phi) is 6.74. The third kappa shape index (κ3) is 6.09. The Morgan fingerprint density at radius 2 is 1.79 bits per heavy atom. The molecule has 6 nitrogen and oxygen atoms in total. The third-order valence-corrected chi connectivity index (χ3v) is 4.76. The molecule has 2 aromatic carbocycles. The summed E-state index contributed by atoms with van der Waals surface area (Å²) in [5.41, 5.74) is 5.03. The summed E-state index contributed by atoms with van der Waals surface area (Å²) in [6, 6.07) is 8.59. The maximum atomic E-state index is 12.2.